The molecule has 3 aromatic carbocycles. The lowest BCUT2D eigenvalue weighted by molar-refractivity contribution is -0.113. The summed E-state index contributed by atoms with van der Waals surface area (Å²) < 4.78 is 11.1. The SMILES string of the molecule is O=C(CSC(c1ccccc1)c1ccccc1)Nc1ccc2c(c1)OCCO2. The molecule has 0 aromatic heterocycles. The minimum atomic E-state index is -0.0430. The van der Waals surface area contributed by atoms with Crippen molar-refractivity contribution in [1.82, 2.24) is 0 Å². The molecule has 4 nitrogen and oxygen atoms in total. The molecular weight excluding hydrogens is 370 g/mol. The molecule has 0 aliphatic carbocycles. The number of anilines is 1. The highest BCUT2D eigenvalue weighted by Gasteiger charge is 2.17. The molecule has 3 aromatic rings. The second kappa shape index (κ2) is 8.85. The van der Waals surface area contributed by atoms with Crippen molar-refractivity contribution in [3.8, 4) is 11.5 Å². The minimum absolute atomic E-state index is 0.0430. The molecule has 0 radical (unpaired) electrons. The fourth-order valence-electron chi connectivity index (χ4n) is 3.12. The van der Waals surface area contributed by atoms with Crippen molar-refractivity contribution >= 4 is 23.4 Å². The molecule has 0 bridgehead atoms. The van der Waals surface area contributed by atoms with Gasteiger partial charge in [-0.25, -0.2) is 0 Å². The van der Waals surface area contributed by atoms with Crippen LogP contribution >= 0.6 is 11.8 Å². The molecule has 1 aliphatic heterocycles. The van der Waals surface area contributed by atoms with Gasteiger partial charge in [0.15, 0.2) is 11.5 Å². The first-order chi connectivity index (χ1) is 13.8. The van der Waals surface area contributed by atoms with Crippen LogP contribution in [0.4, 0.5) is 5.69 Å². The van der Waals surface area contributed by atoms with Gasteiger partial charge in [0.2, 0.25) is 5.91 Å². The number of ether oxygens (including phenoxy) is 2. The minimum Gasteiger partial charge on any atom is -0.486 e. The van der Waals surface area contributed by atoms with E-state index >= 15 is 0 Å². The van der Waals surface area contributed by atoms with Crippen LogP contribution in [0.15, 0.2) is 78.9 Å². The number of carbonyl (C=O) groups excluding carboxylic acids is 1. The Hall–Kier alpha value is -2.92. The van der Waals surface area contributed by atoms with E-state index in [9.17, 15) is 4.79 Å². The Morgan fingerprint density at radius 3 is 2.11 bits per heavy atom. The summed E-state index contributed by atoms with van der Waals surface area (Å²) in [6.07, 6.45) is 0. The van der Waals surface area contributed by atoms with Gasteiger partial charge in [-0.2, -0.15) is 0 Å². The third-order valence-electron chi connectivity index (χ3n) is 4.41. The summed E-state index contributed by atoms with van der Waals surface area (Å²) in [5, 5.41) is 3.06. The van der Waals surface area contributed by atoms with Crippen LogP contribution in [0.5, 0.6) is 11.5 Å². The van der Waals surface area contributed by atoms with E-state index < -0.39 is 0 Å². The topological polar surface area (TPSA) is 47.6 Å². The third-order valence-corrected chi connectivity index (χ3v) is 5.72. The molecule has 4 rings (SSSR count). The van der Waals surface area contributed by atoms with Gasteiger partial charge in [0.25, 0.3) is 0 Å². The van der Waals surface area contributed by atoms with E-state index in [1.54, 1.807) is 11.8 Å². The van der Waals surface area contributed by atoms with Crippen molar-refractivity contribution in [2.75, 3.05) is 24.3 Å². The van der Waals surface area contributed by atoms with Gasteiger partial charge in [0.05, 0.1) is 11.0 Å². The number of hydrogen-bond acceptors (Lipinski definition) is 4. The molecule has 0 saturated heterocycles. The number of benzene rings is 3. The molecule has 28 heavy (non-hydrogen) atoms. The molecule has 0 spiro atoms. The van der Waals surface area contributed by atoms with Crippen LogP contribution in [0.25, 0.3) is 0 Å². The number of hydrogen-bond donors (Lipinski definition) is 1. The summed E-state index contributed by atoms with van der Waals surface area (Å²) in [5.74, 6) is 1.69. The van der Waals surface area contributed by atoms with E-state index in [-0.39, 0.29) is 11.2 Å². The first-order valence-electron chi connectivity index (χ1n) is 9.20. The lowest BCUT2D eigenvalue weighted by atomic mass is 10.0. The molecule has 0 atom stereocenters. The Morgan fingerprint density at radius 1 is 0.857 bits per heavy atom. The monoisotopic (exact) mass is 391 g/mol. The predicted molar refractivity (Wildman–Crippen MR) is 113 cm³/mol. The molecule has 142 valence electrons. The summed E-state index contributed by atoms with van der Waals surface area (Å²) in [7, 11) is 0. The fourth-order valence-corrected chi connectivity index (χ4v) is 4.21. The van der Waals surface area contributed by atoms with Crippen molar-refractivity contribution < 1.29 is 14.3 Å². The number of rotatable bonds is 6. The second-order valence-electron chi connectivity index (χ2n) is 6.42. The number of amides is 1. The molecule has 1 N–H and O–H groups in total. The Kier molecular flexibility index (Phi) is 5.83. The molecule has 1 aliphatic rings. The van der Waals surface area contributed by atoms with Crippen molar-refractivity contribution in [3.05, 3.63) is 90.0 Å². The van der Waals surface area contributed by atoms with Crippen LogP contribution in [-0.4, -0.2) is 24.9 Å². The van der Waals surface area contributed by atoms with Crippen LogP contribution in [-0.2, 0) is 4.79 Å². The highest BCUT2D eigenvalue weighted by atomic mass is 32.2. The van der Waals surface area contributed by atoms with Gasteiger partial charge in [-0.1, -0.05) is 60.7 Å². The Balaban J connectivity index is 1.43. The first-order valence-corrected chi connectivity index (χ1v) is 10.3. The number of carbonyl (C=O) groups is 1. The maximum Gasteiger partial charge on any atom is 0.234 e. The number of thioether (sulfide) groups is 1. The maximum atomic E-state index is 12.5. The molecule has 0 saturated carbocycles. The smallest absolute Gasteiger partial charge is 0.234 e. The Morgan fingerprint density at radius 2 is 1.46 bits per heavy atom. The molecule has 5 heteroatoms. The second-order valence-corrected chi connectivity index (χ2v) is 7.51. The van der Waals surface area contributed by atoms with E-state index in [0.29, 0.717) is 36.2 Å². The zero-order valence-electron chi connectivity index (χ0n) is 15.3. The van der Waals surface area contributed by atoms with E-state index in [0.717, 1.165) is 0 Å². The average Bonchev–Trinajstić information content (AvgIpc) is 2.75. The largest absolute Gasteiger partial charge is 0.486 e. The third kappa shape index (κ3) is 4.49. The Bertz CT molecular complexity index is 892. The lowest BCUT2D eigenvalue weighted by Gasteiger charge is -2.19. The van der Waals surface area contributed by atoms with Crippen molar-refractivity contribution in [2.45, 2.75) is 5.25 Å². The van der Waals surface area contributed by atoms with Crippen LogP contribution in [0.1, 0.15) is 16.4 Å². The molecule has 0 unspecified atom stereocenters. The van der Waals surface area contributed by atoms with Gasteiger partial charge in [-0.05, 0) is 23.3 Å². The van der Waals surface area contributed by atoms with Gasteiger partial charge < -0.3 is 14.8 Å². The predicted octanol–water partition coefficient (Wildman–Crippen LogP) is 4.92. The van der Waals surface area contributed by atoms with Gasteiger partial charge in [0, 0.05) is 11.8 Å². The summed E-state index contributed by atoms with van der Waals surface area (Å²) >= 11 is 1.62. The average molecular weight is 391 g/mol. The van der Waals surface area contributed by atoms with Gasteiger partial charge in [0.1, 0.15) is 13.2 Å². The van der Waals surface area contributed by atoms with E-state index in [1.165, 1.54) is 11.1 Å². The van der Waals surface area contributed by atoms with Gasteiger partial charge in [-0.15, -0.1) is 11.8 Å². The fraction of sp³-hybridized carbons (Fsp3) is 0.174. The van der Waals surface area contributed by atoms with Crippen LogP contribution < -0.4 is 14.8 Å². The van der Waals surface area contributed by atoms with Gasteiger partial charge in [-0.3, -0.25) is 4.79 Å². The normalized spacial score (nSPS) is 12.6. The zero-order valence-corrected chi connectivity index (χ0v) is 16.2. The highest BCUT2D eigenvalue weighted by Crippen LogP contribution is 2.36. The highest BCUT2D eigenvalue weighted by molar-refractivity contribution is 8.00. The number of fused-ring (bicyclic) bond motifs is 1. The summed E-state index contributed by atoms with van der Waals surface area (Å²) in [4.78, 5) is 12.5. The van der Waals surface area contributed by atoms with E-state index in [1.807, 2.05) is 54.6 Å². The molecule has 1 heterocycles. The van der Waals surface area contributed by atoms with Crippen LogP contribution in [0.3, 0.4) is 0 Å². The van der Waals surface area contributed by atoms with Crippen molar-refractivity contribution in [3.63, 3.8) is 0 Å². The standard InChI is InChI=1S/C23H21NO3S/c25-22(24-19-11-12-20-21(15-19)27-14-13-26-20)16-28-23(17-7-3-1-4-8-17)18-9-5-2-6-10-18/h1-12,15,23H,13-14,16H2,(H,24,25). The molecule has 1 amide bonds. The Labute approximate surface area is 168 Å². The summed E-state index contributed by atoms with van der Waals surface area (Å²) in [5.41, 5.74) is 3.09. The molecular formula is C23H21NO3S. The van der Waals surface area contributed by atoms with Crippen molar-refractivity contribution in [2.24, 2.45) is 0 Å². The quantitative estimate of drug-likeness (QED) is 0.648. The van der Waals surface area contributed by atoms with Crippen LogP contribution in [0, 0.1) is 0 Å². The van der Waals surface area contributed by atoms with Crippen LogP contribution in [0.2, 0.25) is 0 Å². The summed E-state index contributed by atoms with van der Waals surface area (Å²) in [6.45, 7) is 1.08. The van der Waals surface area contributed by atoms with Gasteiger partial charge >= 0.3 is 0 Å². The number of nitrogens with one attached hydrogen (secondary N) is 1. The molecule has 0 fully saturated rings. The first kappa shape index (κ1) is 18.4. The van der Waals surface area contributed by atoms with Crippen molar-refractivity contribution in [1.29, 1.82) is 0 Å². The summed E-state index contributed by atoms with van der Waals surface area (Å²) in [6, 6.07) is 26.0. The zero-order chi connectivity index (χ0) is 19.2. The van der Waals surface area contributed by atoms with E-state index in [2.05, 4.69) is 29.6 Å². The lowest BCUT2D eigenvalue weighted by Crippen LogP contribution is -2.17. The maximum absolute atomic E-state index is 12.5. The van der Waals surface area contributed by atoms with E-state index in [4.69, 9.17) is 9.47 Å².